The lowest BCUT2D eigenvalue weighted by Gasteiger charge is -2.53. The van der Waals surface area contributed by atoms with Crippen molar-refractivity contribution in [3.63, 3.8) is 0 Å². The van der Waals surface area contributed by atoms with Crippen LogP contribution >= 0.6 is 0 Å². The molecule has 9 heteroatoms. The fraction of sp³-hybridized carbons (Fsp3) is 0.667. The number of aromatic nitrogens is 1. The molecule has 0 N–H and O–H groups in total. The van der Waals surface area contributed by atoms with Crippen LogP contribution in [0.5, 0.6) is 0 Å². The molecule has 42 heavy (non-hydrogen) atoms. The van der Waals surface area contributed by atoms with E-state index in [9.17, 15) is 13.2 Å². The highest BCUT2D eigenvalue weighted by Gasteiger charge is 2.53. The quantitative estimate of drug-likeness (QED) is 0.319. The zero-order chi connectivity index (χ0) is 30.9. The molecule has 5 rings (SSSR count). The normalized spacial score (nSPS) is 24.4. The summed E-state index contributed by atoms with van der Waals surface area (Å²) in [5.41, 5.74) is 4.31. The molecule has 1 unspecified atom stereocenters. The Kier molecular flexibility index (Phi) is 8.05. The molecule has 3 atom stereocenters. The molecule has 0 radical (unpaired) electrons. The second-order valence-corrected chi connectivity index (χ2v) is 19.4. The molecule has 3 heterocycles. The standard InChI is InChI=1S/C33H46F3NO4Si/c1-20(38-7)28-26-27(25-23(37-28)18-31(5,6)19-24(25)41-42(8,9)30(2,3)4)32(14-16-39-17-15-32)40-29(26)21-10-12-22(13-11-21)33(34,35)36/h10-13,20,24,29H,14-19H2,1-9H3/q-1/t20?,24-,29+/m0/s1. The highest BCUT2D eigenvalue weighted by Crippen LogP contribution is 2.59. The number of nitrogens with zero attached hydrogens (tertiary/aromatic N) is 1. The molecule has 1 aromatic heterocycles. The van der Waals surface area contributed by atoms with E-state index in [0.29, 0.717) is 31.6 Å². The molecule has 0 bridgehead atoms. The van der Waals surface area contributed by atoms with Crippen LogP contribution in [0.3, 0.4) is 0 Å². The average Bonchev–Trinajstić information content (AvgIpc) is 3.20. The van der Waals surface area contributed by atoms with Crippen molar-refractivity contribution in [2.24, 2.45) is 5.41 Å². The lowest BCUT2D eigenvalue weighted by atomic mass is 9.70. The smallest absolute Gasteiger partial charge is 0.416 e. The Balaban J connectivity index is 1.78. The summed E-state index contributed by atoms with van der Waals surface area (Å²) in [4.78, 5) is 5.32. The van der Waals surface area contributed by atoms with E-state index in [1.165, 1.54) is 0 Å². The fourth-order valence-corrected chi connectivity index (χ4v) is 7.87. The third-order valence-electron chi connectivity index (χ3n) is 9.97. The first-order valence-corrected chi connectivity index (χ1v) is 18.0. The van der Waals surface area contributed by atoms with Crippen molar-refractivity contribution in [2.45, 2.75) is 115 Å². The van der Waals surface area contributed by atoms with Crippen LogP contribution in [0.25, 0.3) is 0 Å². The molecule has 1 aliphatic carbocycles. The minimum absolute atomic E-state index is 0.0193. The number of rotatable bonds is 5. The molecule has 1 aromatic carbocycles. The number of fused-ring (bicyclic) bond motifs is 4. The van der Waals surface area contributed by atoms with Crippen LogP contribution in [0.2, 0.25) is 18.1 Å². The molecule has 0 amide bonds. The summed E-state index contributed by atoms with van der Waals surface area (Å²) in [5.74, 6) is 0. The lowest BCUT2D eigenvalue weighted by molar-refractivity contribution is -0.137. The maximum atomic E-state index is 13.5. The van der Waals surface area contributed by atoms with Crippen LogP contribution in [0.15, 0.2) is 24.3 Å². The SMILES string of the molecule is COC(C)c1nc2c(c3c1[C@@H](c1ccc(C(F)(F)F)cc1)OC31CCOCC1)[C@@H](O[Si-](C)(C)C(C)(C)C)CC(C)(C)C2. The monoisotopic (exact) mass is 605 g/mol. The molecule has 5 nitrogen and oxygen atoms in total. The Morgan fingerprint density at radius 1 is 1.02 bits per heavy atom. The van der Waals surface area contributed by atoms with Crippen molar-refractivity contribution in [3.05, 3.63) is 63.5 Å². The zero-order valence-corrected chi connectivity index (χ0v) is 27.5. The summed E-state index contributed by atoms with van der Waals surface area (Å²) < 4.78 is 66.4. The van der Waals surface area contributed by atoms with Gasteiger partial charge in [0.2, 0.25) is 0 Å². The fourth-order valence-electron chi connectivity index (χ4n) is 6.60. The van der Waals surface area contributed by atoms with Gasteiger partial charge in [-0.15, -0.1) is 18.1 Å². The topological polar surface area (TPSA) is 49.8 Å². The molecule has 2 aliphatic heterocycles. The highest BCUT2D eigenvalue weighted by molar-refractivity contribution is 6.74. The zero-order valence-electron chi connectivity index (χ0n) is 26.5. The van der Waals surface area contributed by atoms with E-state index in [1.807, 2.05) is 6.92 Å². The molecule has 1 spiro atoms. The minimum atomic E-state index is -4.41. The van der Waals surface area contributed by atoms with Crippen molar-refractivity contribution >= 4 is 8.32 Å². The van der Waals surface area contributed by atoms with Gasteiger partial charge in [-0.2, -0.15) is 13.2 Å². The van der Waals surface area contributed by atoms with Crippen molar-refractivity contribution in [1.29, 1.82) is 0 Å². The number of hydrogen-bond donors (Lipinski definition) is 0. The van der Waals surface area contributed by atoms with Crippen molar-refractivity contribution < 1.29 is 31.8 Å². The Hall–Kier alpha value is -1.78. The first-order valence-electron chi connectivity index (χ1n) is 15.1. The van der Waals surface area contributed by atoms with Gasteiger partial charge in [0, 0.05) is 56.1 Å². The van der Waals surface area contributed by atoms with E-state index in [1.54, 1.807) is 19.2 Å². The molecule has 233 valence electrons. The van der Waals surface area contributed by atoms with Gasteiger partial charge in [-0.05, 0) is 56.8 Å². The second kappa shape index (κ2) is 10.7. The summed E-state index contributed by atoms with van der Waals surface area (Å²) in [5, 5.41) is 0.0193. The Morgan fingerprint density at radius 2 is 1.64 bits per heavy atom. The molecular weight excluding hydrogens is 559 g/mol. The number of benzene rings is 1. The molecule has 2 aromatic rings. The summed E-state index contributed by atoms with van der Waals surface area (Å²) in [6.45, 7) is 19.0. The van der Waals surface area contributed by atoms with E-state index in [4.69, 9.17) is 23.6 Å². The van der Waals surface area contributed by atoms with Crippen LogP contribution < -0.4 is 0 Å². The third kappa shape index (κ3) is 5.60. The van der Waals surface area contributed by atoms with Gasteiger partial charge in [-0.1, -0.05) is 46.8 Å². The largest absolute Gasteiger partial charge is 0.559 e. The van der Waals surface area contributed by atoms with E-state index in [2.05, 4.69) is 47.7 Å². The number of hydrogen-bond acceptors (Lipinski definition) is 5. The van der Waals surface area contributed by atoms with Crippen molar-refractivity contribution in [3.8, 4) is 0 Å². The predicted octanol–water partition coefficient (Wildman–Crippen LogP) is 8.97. The third-order valence-corrected chi connectivity index (χ3v) is 14.5. The van der Waals surface area contributed by atoms with E-state index in [0.717, 1.165) is 53.1 Å². The number of ether oxygens (including phenoxy) is 3. The number of alkyl halides is 3. The molecule has 3 aliphatic rings. The predicted molar refractivity (Wildman–Crippen MR) is 159 cm³/mol. The highest BCUT2D eigenvalue weighted by atomic mass is 28.4. The van der Waals surface area contributed by atoms with Gasteiger partial charge in [-0.25, -0.2) is 0 Å². The maximum Gasteiger partial charge on any atom is 0.416 e. The number of pyridine rings is 1. The van der Waals surface area contributed by atoms with Crippen LogP contribution in [-0.4, -0.2) is 33.6 Å². The lowest BCUT2D eigenvalue weighted by Crippen LogP contribution is -2.45. The van der Waals surface area contributed by atoms with E-state index >= 15 is 0 Å². The first kappa shape index (κ1) is 31.6. The maximum absolute atomic E-state index is 13.5. The molecule has 1 fully saturated rings. The number of halogens is 3. The molecular formula is C33H46F3NO4Si-. The van der Waals surface area contributed by atoms with Gasteiger partial charge in [0.15, 0.2) is 0 Å². The van der Waals surface area contributed by atoms with Gasteiger partial charge in [0.1, 0.15) is 6.10 Å². The first-order chi connectivity index (χ1) is 19.4. The second-order valence-electron chi connectivity index (χ2n) is 14.7. The van der Waals surface area contributed by atoms with Gasteiger partial charge >= 0.3 is 6.18 Å². The van der Waals surface area contributed by atoms with Gasteiger partial charge in [0.25, 0.3) is 0 Å². The summed E-state index contributed by atoms with van der Waals surface area (Å²) in [6.07, 6.45) is -2.50. The average molecular weight is 606 g/mol. The molecule has 1 saturated heterocycles. The van der Waals surface area contributed by atoms with E-state index < -0.39 is 31.8 Å². The summed E-state index contributed by atoms with van der Waals surface area (Å²) in [7, 11) is -0.524. The van der Waals surface area contributed by atoms with Crippen LogP contribution in [0.1, 0.15) is 118 Å². The summed E-state index contributed by atoms with van der Waals surface area (Å²) >= 11 is 0. The van der Waals surface area contributed by atoms with E-state index in [-0.39, 0.29) is 22.7 Å². The van der Waals surface area contributed by atoms with Crippen LogP contribution in [-0.2, 0) is 36.8 Å². The van der Waals surface area contributed by atoms with Crippen LogP contribution in [0.4, 0.5) is 13.2 Å². The van der Waals surface area contributed by atoms with Crippen molar-refractivity contribution in [2.75, 3.05) is 20.3 Å². The Morgan fingerprint density at radius 3 is 2.19 bits per heavy atom. The summed E-state index contributed by atoms with van der Waals surface area (Å²) in [6, 6.07) is 5.38. The van der Waals surface area contributed by atoms with Crippen molar-refractivity contribution in [1.82, 2.24) is 4.98 Å². The Labute approximate surface area is 249 Å². The Bertz CT molecular complexity index is 1310. The minimum Gasteiger partial charge on any atom is -0.559 e. The van der Waals surface area contributed by atoms with Gasteiger partial charge in [0.05, 0.1) is 23.0 Å². The molecule has 0 saturated carbocycles. The van der Waals surface area contributed by atoms with Crippen LogP contribution in [0, 0.1) is 5.41 Å². The van der Waals surface area contributed by atoms with Gasteiger partial charge in [-0.3, -0.25) is 4.98 Å². The van der Waals surface area contributed by atoms with Gasteiger partial charge < -0.3 is 18.6 Å². The number of methoxy groups -OCH3 is 1.